The number of aliphatic hydroxyl groups excluding tert-OH is 4. The molecule has 0 spiro atoms. The van der Waals surface area contributed by atoms with Gasteiger partial charge in [-0.05, 0) is 27.7 Å². The Hall–Kier alpha value is -3.12. The summed E-state index contributed by atoms with van der Waals surface area (Å²) >= 11 is 0. The minimum Gasteiger partial charge on any atom is -0.512 e. The first kappa shape index (κ1) is 47.7. The summed E-state index contributed by atoms with van der Waals surface area (Å²) in [7, 11) is 0. The minimum absolute atomic E-state index is 0. The van der Waals surface area contributed by atoms with Crippen LogP contribution in [-0.2, 0) is 45.4 Å². The van der Waals surface area contributed by atoms with Crippen LogP contribution in [0.3, 0.4) is 0 Å². The van der Waals surface area contributed by atoms with Crippen LogP contribution in [0.4, 0.5) is 52.7 Å². The van der Waals surface area contributed by atoms with Crippen LogP contribution >= 0.6 is 0 Å². The molecule has 4 N–H and O–H groups in total. The summed E-state index contributed by atoms with van der Waals surface area (Å²) < 4.78 is 136. The van der Waals surface area contributed by atoms with Gasteiger partial charge in [-0.25, -0.2) is 0 Å². The van der Waals surface area contributed by atoms with E-state index in [0.29, 0.717) is 0 Å². The Morgan fingerprint density at radius 3 is 0.512 bits per heavy atom. The van der Waals surface area contributed by atoms with Gasteiger partial charge in [0.2, 0.25) is 0 Å². The molecule has 0 aromatic carbocycles. The molecule has 0 aliphatic carbocycles. The number of ketones is 4. The van der Waals surface area contributed by atoms with Crippen LogP contribution in [0.2, 0.25) is 0 Å². The molecule has 0 fully saturated rings. The molecule has 0 saturated carbocycles. The van der Waals surface area contributed by atoms with Gasteiger partial charge in [0.25, 0.3) is 23.1 Å². The molecule has 21 heteroatoms. The van der Waals surface area contributed by atoms with Crippen molar-refractivity contribution < 1.29 is 118 Å². The van der Waals surface area contributed by atoms with Crippen molar-refractivity contribution in [1.29, 1.82) is 0 Å². The molecule has 0 aromatic heterocycles. The fourth-order valence-corrected chi connectivity index (χ4v) is 1.09. The van der Waals surface area contributed by atoms with Crippen molar-refractivity contribution in [3.8, 4) is 0 Å². The van der Waals surface area contributed by atoms with Crippen molar-refractivity contribution in [3.63, 3.8) is 0 Å². The normalized spacial score (nSPS) is 13.1. The van der Waals surface area contributed by atoms with Crippen LogP contribution in [0.25, 0.3) is 0 Å². The first-order valence-electron chi connectivity index (χ1n) is 9.29. The molecular formula is C20H20F12O8Zr. The second-order valence-electron chi connectivity index (χ2n) is 6.59. The maximum atomic E-state index is 11.3. The zero-order chi connectivity index (χ0) is 33.4. The van der Waals surface area contributed by atoms with Gasteiger partial charge in [-0.1, -0.05) is 0 Å². The van der Waals surface area contributed by atoms with Gasteiger partial charge in [-0.3, -0.25) is 19.2 Å². The van der Waals surface area contributed by atoms with Crippen molar-refractivity contribution in [2.75, 3.05) is 0 Å². The van der Waals surface area contributed by atoms with Crippen LogP contribution < -0.4 is 0 Å². The third-order valence-corrected chi connectivity index (χ3v) is 2.48. The predicted molar refractivity (Wildman–Crippen MR) is 110 cm³/mol. The van der Waals surface area contributed by atoms with Crippen LogP contribution in [0.15, 0.2) is 47.3 Å². The molecule has 0 aliphatic heterocycles. The van der Waals surface area contributed by atoms with Gasteiger partial charge >= 0.3 is 24.7 Å². The Balaban J connectivity index is -0.000000139. The van der Waals surface area contributed by atoms with E-state index in [0.717, 1.165) is 27.7 Å². The van der Waals surface area contributed by atoms with E-state index in [9.17, 15) is 71.9 Å². The zero-order valence-corrected chi connectivity index (χ0v) is 23.2. The second-order valence-corrected chi connectivity index (χ2v) is 6.59. The number of rotatable bonds is 4. The Morgan fingerprint density at radius 2 is 0.488 bits per heavy atom. The van der Waals surface area contributed by atoms with Gasteiger partial charge in [0, 0.05) is 50.5 Å². The summed E-state index contributed by atoms with van der Waals surface area (Å²) in [5.74, 6) is -10.8. The molecule has 0 unspecified atom stereocenters. The minimum atomic E-state index is -4.88. The first-order valence-corrected chi connectivity index (χ1v) is 9.29. The number of halogens is 12. The van der Waals surface area contributed by atoms with E-state index in [2.05, 4.69) is 0 Å². The standard InChI is InChI=1S/4C5H5F3O2.Zr/c4*1-3(9)2-4(10)5(6,7)8;/h4*2,9H,1H3;/b3*3-2+;3-2-;. The predicted octanol–water partition coefficient (Wildman–Crippen LogP) is 6.32. The van der Waals surface area contributed by atoms with Gasteiger partial charge in [-0.2, -0.15) is 52.7 Å². The molecule has 0 aromatic rings. The van der Waals surface area contributed by atoms with Crippen molar-refractivity contribution >= 4 is 23.1 Å². The van der Waals surface area contributed by atoms with Gasteiger partial charge in [0.1, 0.15) is 0 Å². The van der Waals surface area contributed by atoms with Crippen LogP contribution in [0.1, 0.15) is 27.7 Å². The molecular weight excluding hydrogens is 687 g/mol. The van der Waals surface area contributed by atoms with Crippen molar-refractivity contribution in [1.82, 2.24) is 0 Å². The molecule has 0 radical (unpaired) electrons. The molecule has 0 aliphatic rings. The number of carbonyl (C=O) groups excluding carboxylic acids is 4. The largest absolute Gasteiger partial charge is 0.512 e. The van der Waals surface area contributed by atoms with E-state index in [1.807, 2.05) is 0 Å². The molecule has 0 rings (SSSR count). The van der Waals surface area contributed by atoms with Gasteiger partial charge in [0.15, 0.2) is 0 Å². The van der Waals surface area contributed by atoms with Crippen molar-refractivity contribution in [2.24, 2.45) is 0 Å². The van der Waals surface area contributed by atoms with E-state index in [-0.39, 0.29) is 50.5 Å². The average molecular weight is 708 g/mol. The zero-order valence-electron chi connectivity index (χ0n) is 20.8. The number of aliphatic hydroxyl groups is 4. The van der Waals surface area contributed by atoms with Crippen molar-refractivity contribution in [3.05, 3.63) is 47.3 Å². The van der Waals surface area contributed by atoms with Crippen molar-refractivity contribution in [2.45, 2.75) is 52.4 Å². The average Bonchev–Trinajstić information content (AvgIpc) is 2.64. The van der Waals surface area contributed by atoms with E-state index in [1.165, 1.54) is 0 Å². The Kier molecular flexibility index (Phi) is 23.1. The van der Waals surface area contributed by atoms with Gasteiger partial charge in [-0.15, -0.1) is 0 Å². The summed E-state index contributed by atoms with van der Waals surface area (Å²) in [4.78, 5) is 39.7. The van der Waals surface area contributed by atoms with Crippen LogP contribution in [0.5, 0.6) is 0 Å². The summed E-state index contributed by atoms with van der Waals surface area (Å²) in [5, 5.41) is 32.9. The number of hydrogen-bond acceptors (Lipinski definition) is 8. The summed E-state index contributed by atoms with van der Waals surface area (Å²) in [5.41, 5.74) is 0. The molecule has 0 saturated heterocycles. The van der Waals surface area contributed by atoms with E-state index in [1.54, 1.807) is 0 Å². The van der Waals surface area contributed by atoms with E-state index in [4.69, 9.17) is 20.4 Å². The van der Waals surface area contributed by atoms with Gasteiger partial charge in [0.05, 0.1) is 23.0 Å². The molecule has 0 heterocycles. The Morgan fingerprint density at radius 1 is 0.390 bits per heavy atom. The molecule has 0 amide bonds. The van der Waals surface area contributed by atoms with Crippen LogP contribution in [-0.4, -0.2) is 68.3 Å². The third-order valence-electron chi connectivity index (χ3n) is 2.48. The fraction of sp³-hybridized carbons (Fsp3) is 0.400. The number of carbonyl (C=O) groups is 4. The molecule has 0 atom stereocenters. The van der Waals surface area contributed by atoms with E-state index < -0.39 is 70.9 Å². The maximum Gasteiger partial charge on any atom is 0.454 e. The SMILES string of the molecule is C/C(O)=C/C(=O)C(F)(F)F.C/C(O)=C\C(=O)C(F)(F)F.C/C(O)=C\C(=O)C(F)(F)F.C/C(O)=C\C(=O)C(F)(F)F.[Zr]. The first-order chi connectivity index (χ1) is 17.3. The van der Waals surface area contributed by atoms with E-state index >= 15 is 0 Å². The van der Waals surface area contributed by atoms with Crippen LogP contribution in [0, 0.1) is 0 Å². The summed E-state index contributed by atoms with van der Waals surface area (Å²) in [6.45, 7) is 3.96. The third kappa shape index (κ3) is 33.0. The Bertz CT molecular complexity index is 824. The monoisotopic (exact) mass is 706 g/mol. The molecule has 0 bridgehead atoms. The smallest absolute Gasteiger partial charge is 0.454 e. The fourth-order valence-electron chi connectivity index (χ4n) is 1.09. The summed E-state index contributed by atoms with van der Waals surface area (Å²) in [6, 6.07) is 0. The summed E-state index contributed by atoms with van der Waals surface area (Å²) in [6.07, 6.45) is -19.0. The molecule has 236 valence electrons. The topological polar surface area (TPSA) is 149 Å². The number of alkyl halides is 12. The maximum absolute atomic E-state index is 11.3. The Labute approximate surface area is 241 Å². The molecule has 8 nitrogen and oxygen atoms in total. The second kappa shape index (κ2) is 19.9. The molecule has 41 heavy (non-hydrogen) atoms. The quantitative estimate of drug-likeness (QED) is 0.151. The van der Waals surface area contributed by atoms with Gasteiger partial charge < -0.3 is 20.4 Å². The number of allylic oxidation sites excluding steroid dienone is 8. The number of hydrogen-bond donors (Lipinski definition) is 4.